The van der Waals surface area contributed by atoms with Gasteiger partial charge in [-0.2, -0.15) is 0 Å². The highest BCUT2D eigenvalue weighted by Gasteiger charge is 2.25. The Hall–Kier alpha value is -0.780. The van der Waals surface area contributed by atoms with Crippen LogP contribution >= 0.6 is 0 Å². The van der Waals surface area contributed by atoms with Crippen molar-refractivity contribution in [3.8, 4) is 0 Å². The van der Waals surface area contributed by atoms with Gasteiger partial charge in [0.15, 0.2) is 0 Å². The summed E-state index contributed by atoms with van der Waals surface area (Å²) in [5, 5.41) is 0. The van der Waals surface area contributed by atoms with Crippen molar-refractivity contribution in [2.45, 2.75) is 34.6 Å². The van der Waals surface area contributed by atoms with Gasteiger partial charge in [0, 0.05) is 0 Å². The molecule has 0 N–H and O–H groups in total. The molecule has 0 aliphatic heterocycles. The zero-order valence-corrected chi connectivity index (χ0v) is 9.44. The van der Waals surface area contributed by atoms with E-state index in [4.69, 9.17) is 0 Å². The third kappa shape index (κ3) is 1.93. The number of rotatable bonds is 0. The van der Waals surface area contributed by atoms with Gasteiger partial charge in [-0.15, -0.1) is 0 Å². The summed E-state index contributed by atoms with van der Waals surface area (Å²) in [6.45, 7) is 15.3. The Labute approximate surface area is 82.0 Å². The third-order valence-electron chi connectivity index (χ3n) is 2.65. The number of allylic oxidation sites excluding steroid dienone is 5. The minimum atomic E-state index is 0.222. The fourth-order valence-electron chi connectivity index (χ4n) is 2.04. The van der Waals surface area contributed by atoms with Crippen LogP contribution in [-0.2, 0) is 0 Å². The van der Waals surface area contributed by atoms with Crippen LogP contribution in [0.5, 0.6) is 0 Å². The zero-order chi connectivity index (χ0) is 10.2. The predicted molar refractivity (Wildman–Crippen MR) is 59.6 cm³/mol. The molecule has 0 bridgehead atoms. The summed E-state index contributed by atoms with van der Waals surface area (Å²) in [7, 11) is 0. The second-order valence-corrected chi connectivity index (χ2v) is 4.98. The van der Waals surface area contributed by atoms with Gasteiger partial charge in [0.05, 0.1) is 0 Å². The minimum Gasteiger partial charge on any atom is -0.0949 e. The summed E-state index contributed by atoms with van der Waals surface area (Å²) < 4.78 is 0. The summed E-state index contributed by atoms with van der Waals surface area (Å²) in [5.74, 6) is 0.498. The van der Waals surface area contributed by atoms with Crippen LogP contribution in [0.3, 0.4) is 0 Å². The van der Waals surface area contributed by atoms with E-state index < -0.39 is 0 Å². The van der Waals surface area contributed by atoms with E-state index in [1.807, 2.05) is 0 Å². The second-order valence-electron chi connectivity index (χ2n) is 4.98. The van der Waals surface area contributed by atoms with Crippen molar-refractivity contribution < 1.29 is 0 Å². The van der Waals surface area contributed by atoms with Crippen LogP contribution in [-0.4, -0.2) is 0 Å². The fraction of sp³-hybridized carbons (Fsp3) is 0.538. The molecule has 1 aliphatic carbocycles. The van der Waals surface area contributed by atoms with Gasteiger partial charge < -0.3 is 0 Å². The van der Waals surface area contributed by atoms with Gasteiger partial charge in [-0.25, -0.2) is 0 Å². The molecule has 0 saturated carbocycles. The largest absolute Gasteiger partial charge is 0.0949 e. The Balaban J connectivity index is 3.18. The molecule has 0 radical (unpaired) electrons. The minimum absolute atomic E-state index is 0.222. The maximum absolute atomic E-state index is 4.18. The average Bonchev–Trinajstić information content (AvgIpc) is 1.95. The van der Waals surface area contributed by atoms with Crippen LogP contribution in [0.1, 0.15) is 34.6 Å². The van der Waals surface area contributed by atoms with Gasteiger partial charge >= 0.3 is 0 Å². The molecule has 1 rings (SSSR count). The molecule has 0 spiro atoms. The lowest BCUT2D eigenvalue weighted by atomic mass is 9.74. The van der Waals surface area contributed by atoms with Crippen LogP contribution < -0.4 is 0 Å². The first-order valence-corrected chi connectivity index (χ1v) is 4.92. The summed E-state index contributed by atoms with van der Waals surface area (Å²) in [6, 6.07) is 0. The maximum Gasteiger partial charge on any atom is -0.00100 e. The highest BCUT2D eigenvalue weighted by molar-refractivity contribution is 5.47. The first kappa shape index (κ1) is 10.3. The predicted octanol–water partition coefficient (Wildman–Crippen LogP) is 4.11. The Bertz CT molecular complexity index is 282. The van der Waals surface area contributed by atoms with Gasteiger partial charge in [-0.1, -0.05) is 46.4 Å². The summed E-state index contributed by atoms with van der Waals surface area (Å²) >= 11 is 0. The van der Waals surface area contributed by atoms with Crippen LogP contribution in [0.4, 0.5) is 0 Å². The van der Waals surface area contributed by atoms with E-state index in [0.29, 0.717) is 5.92 Å². The van der Waals surface area contributed by atoms with Gasteiger partial charge in [-0.05, 0) is 35.0 Å². The van der Waals surface area contributed by atoms with Crippen LogP contribution in [0.15, 0.2) is 35.5 Å². The topological polar surface area (TPSA) is 0 Å². The first-order chi connectivity index (χ1) is 5.84. The van der Waals surface area contributed by atoms with Crippen molar-refractivity contribution in [1.82, 2.24) is 0 Å². The normalized spacial score (nSPS) is 24.1. The molecule has 0 aromatic carbocycles. The second kappa shape index (κ2) is 3.17. The lowest BCUT2D eigenvalue weighted by molar-refractivity contribution is 0.496. The van der Waals surface area contributed by atoms with Gasteiger partial charge in [0.2, 0.25) is 0 Å². The number of hydrogen-bond donors (Lipinski definition) is 0. The molecule has 0 amide bonds. The molecule has 1 atom stereocenters. The quantitative estimate of drug-likeness (QED) is 0.521. The van der Waals surface area contributed by atoms with Gasteiger partial charge in [0.25, 0.3) is 0 Å². The van der Waals surface area contributed by atoms with E-state index >= 15 is 0 Å². The molecule has 0 fully saturated rings. The molecule has 0 heterocycles. The SMILES string of the molecule is C=C1C(C(C)(C)C)=C(C)C=CC1C. The fourth-order valence-corrected chi connectivity index (χ4v) is 2.04. The lowest BCUT2D eigenvalue weighted by Gasteiger charge is -2.31. The Morgan fingerprint density at radius 3 is 2.23 bits per heavy atom. The molecule has 0 aromatic heterocycles. The van der Waals surface area contributed by atoms with E-state index in [1.165, 1.54) is 16.7 Å². The first-order valence-electron chi connectivity index (χ1n) is 4.92. The number of hydrogen-bond acceptors (Lipinski definition) is 0. The molecule has 1 unspecified atom stereocenters. The molecular weight excluding hydrogens is 156 g/mol. The summed E-state index contributed by atoms with van der Waals surface area (Å²) in [5.41, 5.74) is 4.31. The van der Waals surface area contributed by atoms with E-state index in [-0.39, 0.29) is 5.41 Å². The molecule has 13 heavy (non-hydrogen) atoms. The van der Waals surface area contributed by atoms with E-state index in [1.54, 1.807) is 0 Å². The maximum atomic E-state index is 4.18. The zero-order valence-electron chi connectivity index (χ0n) is 9.44. The highest BCUT2D eigenvalue weighted by atomic mass is 14.3. The average molecular weight is 176 g/mol. The molecule has 1 aliphatic rings. The molecule has 0 heteroatoms. The molecule has 0 nitrogen and oxygen atoms in total. The summed E-state index contributed by atoms with van der Waals surface area (Å²) in [4.78, 5) is 0. The monoisotopic (exact) mass is 176 g/mol. The highest BCUT2D eigenvalue weighted by Crippen LogP contribution is 2.39. The molecular formula is C13H20. The Kier molecular flexibility index (Phi) is 2.51. The van der Waals surface area contributed by atoms with Crippen molar-refractivity contribution in [3.63, 3.8) is 0 Å². The van der Waals surface area contributed by atoms with Crippen molar-refractivity contribution in [2.24, 2.45) is 11.3 Å². The standard InChI is InChI=1S/C13H20/c1-9-7-8-10(2)12(11(9)3)13(4,5)6/h7-9H,3H2,1-2,4-6H3. The van der Waals surface area contributed by atoms with Crippen LogP contribution in [0, 0.1) is 11.3 Å². The van der Waals surface area contributed by atoms with Gasteiger partial charge in [0.1, 0.15) is 0 Å². The Morgan fingerprint density at radius 2 is 1.85 bits per heavy atom. The van der Waals surface area contributed by atoms with Gasteiger partial charge in [-0.3, -0.25) is 0 Å². The van der Waals surface area contributed by atoms with Crippen molar-refractivity contribution in [2.75, 3.05) is 0 Å². The van der Waals surface area contributed by atoms with E-state index in [0.717, 1.165) is 0 Å². The Morgan fingerprint density at radius 1 is 1.31 bits per heavy atom. The van der Waals surface area contributed by atoms with Crippen LogP contribution in [0.25, 0.3) is 0 Å². The van der Waals surface area contributed by atoms with Crippen LogP contribution in [0.2, 0.25) is 0 Å². The third-order valence-corrected chi connectivity index (χ3v) is 2.65. The lowest BCUT2D eigenvalue weighted by Crippen LogP contribution is -2.17. The van der Waals surface area contributed by atoms with E-state index in [2.05, 4.69) is 53.3 Å². The molecule has 0 aromatic rings. The molecule has 72 valence electrons. The van der Waals surface area contributed by atoms with Crippen molar-refractivity contribution in [1.29, 1.82) is 0 Å². The smallest absolute Gasteiger partial charge is 0.00100 e. The van der Waals surface area contributed by atoms with Crippen molar-refractivity contribution in [3.05, 3.63) is 35.5 Å². The molecule has 0 saturated heterocycles. The summed E-state index contributed by atoms with van der Waals surface area (Å²) in [6.07, 6.45) is 4.45. The van der Waals surface area contributed by atoms with Crippen molar-refractivity contribution >= 4 is 0 Å². The van der Waals surface area contributed by atoms with E-state index in [9.17, 15) is 0 Å².